The fourth-order valence-corrected chi connectivity index (χ4v) is 5.64. The minimum Gasteiger partial charge on any atom is -0.507 e. The highest BCUT2D eigenvalue weighted by Crippen LogP contribution is 2.52. The second-order valence-corrected chi connectivity index (χ2v) is 9.30. The summed E-state index contributed by atoms with van der Waals surface area (Å²) >= 11 is 24.6. The van der Waals surface area contributed by atoms with E-state index in [1.807, 2.05) is 0 Å². The van der Waals surface area contributed by atoms with Gasteiger partial charge in [-0.25, -0.2) is 0 Å². The van der Waals surface area contributed by atoms with E-state index in [9.17, 15) is 23.2 Å². The maximum absolute atomic E-state index is 13.0. The molecule has 0 aliphatic rings. The first-order valence-corrected chi connectivity index (χ1v) is 10.8. The first-order valence-electron chi connectivity index (χ1n) is 7.89. The van der Waals surface area contributed by atoms with Gasteiger partial charge in [0.1, 0.15) is 11.5 Å². The van der Waals surface area contributed by atoms with Gasteiger partial charge in [0.15, 0.2) is 4.75 Å². The Morgan fingerprint density at radius 3 is 1.83 bits per heavy atom. The number of hydrogen-bond acceptors (Lipinski definition) is 4. The van der Waals surface area contributed by atoms with Crippen LogP contribution in [0, 0.1) is 0 Å². The lowest BCUT2D eigenvalue weighted by atomic mass is 9.83. The standard InChI is InChI=1S/C19H12Cl4O5S/c20-11-6-4-10(5-7-11)19(29(26,27)28,18-13(21)2-1-3-14(18)22)12-8-15(23)17(25)9-16(12)24/h1-9,24-25H,(H,26,27,28). The summed E-state index contributed by atoms with van der Waals surface area (Å²) in [5.74, 6) is -1.14. The number of phenols is 2. The van der Waals surface area contributed by atoms with Crippen LogP contribution in [0.15, 0.2) is 54.6 Å². The summed E-state index contributed by atoms with van der Waals surface area (Å²) < 4.78 is 34.0. The molecule has 0 aliphatic carbocycles. The molecule has 0 amide bonds. The smallest absolute Gasteiger partial charge is 0.283 e. The summed E-state index contributed by atoms with van der Waals surface area (Å²) in [6.45, 7) is 0. The average molecular weight is 494 g/mol. The molecule has 3 rings (SSSR count). The minimum absolute atomic E-state index is 0.0172. The lowest BCUT2D eigenvalue weighted by Gasteiger charge is -2.34. The molecule has 152 valence electrons. The number of benzene rings is 3. The van der Waals surface area contributed by atoms with Crippen LogP contribution in [0.25, 0.3) is 0 Å². The van der Waals surface area contributed by atoms with Gasteiger partial charge >= 0.3 is 0 Å². The molecule has 3 aromatic rings. The quantitative estimate of drug-likeness (QED) is 0.311. The highest BCUT2D eigenvalue weighted by molar-refractivity contribution is 7.87. The van der Waals surface area contributed by atoms with Crippen LogP contribution in [0.1, 0.15) is 16.7 Å². The minimum atomic E-state index is -5.11. The maximum atomic E-state index is 13.0. The van der Waals surface area contributed by atoms with Crippen LogP contribution in [-0.2, 0) is 14.9 Å². The molecule has 1 unspecified atom stereocenters. The van der Waals surface area contributed by atoms with Gasteiger partial charge in [-0.05, 0) is 35.9 Å². The van der Waals surface area contributed by atoms with Gasteiger partial charge < -0.3 is 10.2 Å². The molecule has 0 aromatic heterocycles. The van der Waals surface area contributed by atoms with Crippen LogP contribution in [0.2, 0.25) is 20.1 Å². The zero-order chi connectivity index (χ0) is 21.6. The molecule has 0 spiro atoms. The van der Waals surface area contributed by atoms with Crippen LogP contribution in [0.5, 0.6) is 11.5 Å². The maximum Gasteiger partial charge on any atom is 0.283 e. The third kappa shape index (κ3) is 3.65. The molecule has 1 atom stereocenters. The molecule has 0 saturated carbocycles. The Balaban J connectivity index is 2.63. The van der Waals surface area contributed by atoms with Gasteiger partial charge in [0.25, 0.3) is 10.1 Å². The Hall–Kier alpha value is -1.67. The van der Waals surface area contributed by atoms with Crippen LogP contribution in [-0.4, -0.2) is 23.2 Å². The van der Waals surface area contributed by atoms with Crippen molar-refractivity contribution in [3.8, 4) is 11.5 Å². The first kappa shape index (κ1) is 22.0. The Bertz CT molecular complexity index is 1180. The van der Waals surface area contributed by atoms with E-state index in [1.54, 1.807) is 0 Å². The Kier molecular flexibility index (Phi) is 5.98. The van der Waals surface area contributed by atoms with E-state index >= 15 is 0 Å². The van der Waals surface area contributed by atoms with Gasteiger partial charge in [-0.15, -0.1) is 0 Å². The number of rotatable bonds is 4. The van der Waals surface area contributed by atoms with Gasteiger partial charge in [-0.1, -0.05) is 64.6 Å². The van der Waals surface area contributed by atoms with E-state index in [0.29, 0.717) is 5.02 Å². The molecular formula is C19H12Cl4O5S. The van der Waals surface area contributed by atoms with Crippen molar-refractivity contribution in [3.63, 3.8) is 0 Å². The Morgan fingerprint density at radius 1 is 0.759 bits per heavy atom. The van der Waals surface area contributed by atoms with Gasteiger partial charge in [0, 0.05) is 32.3 Å². The van der Waals surface area contributed by atoms with E-state index in [1.165, 1.54) is 42.5 Å². The Morgan fingerprint density at radius 2 is 1.31 bits per heavy atom. The fraction of sp³-hybridized carbons (Fsp3) is 0.0526. The van der Waals surface area contributed by atoms with Crippen molar-refractivity contribution >= 4 is 56.5 Å². The number of hydrogen-bond donors (Lipinski definition) is 3. The van der Waals surface area contributed by atoms with Crippen molar-refractivity contribution in [2.45, 2.75) is 4.75 Å². The van der Waals surface area contributed by atoms with Crippen molar-refractivity contribution < 1.29 is 23.2 Å². The zero-order valence-electron chi connectivity index (χ0n) is 14.3. The number of aromatic hydroxyl groups is 2. The normalized spacial score (nSPS) is 13.8. The van der Waals surface area contributed by atoms with Gasteiger partial charge in [-0.3, -0.25) is 4.55 Å². The third-order valence-electron chi connectivity index (χ3n) is 4.40. The molecule has 0 aliphatic heterocycles. The van der Waals surface area contributed by atoms with Crippen LogP contribution in [0.3, 0.4) is 0 Å². The molecule has 0 fully saturated rings. The molecule has 3 aromatic carbocycles. The predicted molar refractivity (Wildman–Crippen MR) is 114 cm³/mol. The summed E-state index contributed by atoms with van der Waals surface area (Å²) in [5.41, 5.74) is -0.582. The summed E-state index contributed by atoms with van der Waals surface area (Å²) in [5, 5.41) is 20.2. The monoisotopic (exact) mass is 492 g/mol. The van der Waals surface area contributed by atoms with Crippen LogP contribution < -0.4 is 0 Å². The first-order chi connectivity index (χ1) is 13.5. The van der Waals surface area contributed by atoms with Gasteiger partial charge in [0.05, 0.1) is 5.02 Å². The zero-order valence-corrected chi connectivity index (χ0v) is 18.1. The highest BCUT2D eigenvalue weighted by Gasteiger charge is 2.52. The molecule has 0 radical (unpaired) electrons. The van der Waals surface area contributed by atoms with E-state index in [2.05, 4.69) is 0 Å². The largest absolute Gasteiger partial charge is 0.507 e. The second-order valence-electron chi connectivity index (χ2n) is 6.08. The van der Waals surface area contributed by atoms with Crippen molar-refractivity contribution in [1.29, 1.82) is 0 Å². The Labute approximate surface area is 186 Å². The lowest BCUT2D eigenvalue weighted by molar-refractivity contribution is 0.431. The molecule has 10 heteroatoms. The fourth-order valence-electron chi connectivity index (χ4n) is 3.20. The van der Waals surface area contributed by atoms with Crippen molar-refractivity contribution in [2.24, 2.45) is 0 Å². The lowest BCUT2D eigenvalue weighted by Crippen LogP contribution is -2.39. The van der Waals surface area contributed by atoms with Crippen molar-refractivity contribution in [3.05, 3.63) is 91.4 Å². The topological polar surface area (TPSA) is 94.8 Å². The average Bonchev–Trinajstić information content (AvgIpc) is 2.62. The molecule has 0 saturated heterocycles. The van der Waals surface area contributed by atoms with E-state index in [-0.39, 0.29) is 31.8 Å². The van der Waals surface area contributed by atoms with Crippen LogP contribution >= 0.6 is 46.4 Å². The third-order valence-corrected chi connectivity index (χ3v) is 7.02. The highest BCUT2D eigenvalue weighted by atomic mass is 35.5. The predicted octanol–water partition coefficient (Wildman–Crippen LogP) is 5.89. The number of halogens is 4. The van der Waals surface area contributed by atoms with E-state index in [4.69, 9.17) is 46.4 Å². The molecule has 5 nitrogen and oxygen atoms in total. The summed E-state index contributed by atoms with van der Waals surface area (Å²) in [6, 6.07) is 11.6. The van der Waals surface area contributed by atoms with Crippen LogP contribution in [0.4, 0.5) is 0 Å². The summed E-state index contributed by atoms with van der Waals surface area (Å²) in [7, 11) is -5.11. The SMILES string of the molecule is O=S(=O)(O)C(c1ccc(Cl)cc1)(c1cc(Cl)c(O)cc1O)c1c(Cl)cccc1Cl. The molecule has 3 N–H and O–H groups in total. The molecule has 0 heterocycles. The molecular weight excluding hydrogens is 482 g/mol. The second kappa shape index (κ2) is 7.87. The van der Waals surface area contributed by atoms with Gasteiger partial charge in [0.2, 0.25) is 0 Å². The van der Waals surface area contributed by atoms with E-state index in [0.717, 1.165) is 12.1 Å². The van der Waals surface area contributed by atoms with Crippen molar-refractivity contribution in [2.75, 3.05) is 0 Å². The number of phenolic OH excluding ortho intramolecular Hbond substituents is 2. The molecule has 29 heavy (non-hydrogen) atoms. The molecule has 0 bridgehead atoms. The van der Waals surface area contributed by atoms with Crippen molar-refractivity contribution in [1.82, 2.24) is 0 Å². The van der Waals surface area contributed by atoms with E-state index < -0.39 is 26.4 Å². The summed E-state index contributed by atoms with van der Waals surface area (Å²) in [6.07, 6.45) is 0. The summed E-state index contributed by atoms with van der Waals surface area (Å²) in [4.78, 5) is 0. The van der Waals surface area contributed by atoms with Gasteiger partial charge in [-0.2, -0.15) is 8.42 Å².